The van der Waals surface area contributed by atoms with Gasteiger partial charge in [0.25, 0.3) is 11.6 Å². The number of hydrogen-bond donors (Lipinski definition) is 1. The van der Waals surface area contributed by atoms with Crippen molar-refractivity contribution in [1.82, 2.24) is 0 Å². The van der Waals surface area contributed by atoms with Crippen molar-refractivity contribution in [3.05, 3.63) is 67.7 Å². The molecule has 0 heterocycles. The van der Waals surface area contributed by atoms with E-state index in [0.717, 1.165) is 24.3 Å². The van der Waals surface area contributed by atoms with Gasteiger partial charge in [-0.3, -0.25) is 14.9 Å². The van der Waals surface area contributed by atoms with Crippen molar-refractivity contribution in [2.45, 2.75) is 18.0 Å². The van der Waals surface area contributed by atoms with Gasteiger partial charge in [-0.15, -0.1) is 0 Å². The summed E-state index contributed by atoms with van der Waals surface area (Å²) in [6, 6.07) is 4.10. The first-order chi connectivity index (χ1) is 13.6. The Labute approximate surface area is 172 Å². The SMILES string of the molecule is O=C(Nc1c(Cl)cc(C(F)(C(F)(F)F)C(F)(F)F)cc1Cl)c1ccc([N+](=O)[O-])cc1. The Bertz CT molecular complexity index is 955. The first-order valence-corrected chi connectivity index (χ1v) is 8.23. The van der Waals surface area contributed by atoms with Gasteiger partial charge in [0, 0.05) is 23.3 Å². The molecule has 1 N–H and O–H groups in total. The van der Waals surface area contributed by atoms with Gasteiger partial charge in [-0.1, -0.05) is 23.2 Å². The number of anilines is 1. The molecular weight excluding hydrogens is 472 g/mol. The summed E-state index contributed by atoms with van der Waals surface area (Å²) in [4.78, 5) is 22.0. The molecule has 2 aromatic rings. The van der Waals surface area contributed by atoms with Crippen LogP contribution in [0.15, 0.2) is 36.4 Å². The van der Waals surface area contributed by atoms with Gasteiger partial charge in [0.2, 0.25) is 0 Å². The van der Waals surface area contributed by atoms with Gasteiger partial charge in [-0.25, -0.2) is 4.39 Å². The minimum Gasteiger partial charge on any atom is -0.319 e. The summed E-state index contributed by atoms with van der Waals surface area (Å²) in [5, 5.41) is 10.8. The summed E-state index contributed by atoms with van der Waals surface area (Å²) in [6.45, 7) is 0. The Morgan fingerprint density at radius 1 is 0.900 bits per heavy atom. The van der Waals surface area contributed by atoms with E-state index in [1.54, 1.807) is 0 Å². The summed E-state index contributed by atoms with van der Waals surface area (Å²) in [6.07, 6.45) is -12.7. The standard InChI is InChI=1S/C16H7Cl2F7N2O3/c17-10-5-8(14(19,15(20,21)22)16(23,24)25)6-11(18)12(10)26-13(28)7-1-3-9(4-2-7)27(29)30/h1-6H,(H,26,28). The number of alkyl halides is 7. The monoisotopic (exact) mass is 478 g/mol. The minimum atomic E-state index is -6.37. The lowest BCUT2D eigenvalue weighted by molar-refractivity contribution is -0.384. The molecule has 0 unspecified atom stereocenters. The van der Waals surface area contributed by atoms with Crippen molar-refractivity contribution < 1.29 is 40.5 Å². The highest BCUT2D eigenvalue weighted by atomic mass is 35.5. The van der Waals surface area contributed by atoms with Crippen LogP contribution in [0.5, 0.6) is 0 Å². The number of non-ortho nitro benzene ring substituents is 1. The molecule has 0 aliphatic carbocycles. The Kier molecular flexibility index (Phi) is 6.24. The van der Waals surface area contributed by atoms with E-state index < -0.39 is 50.1 Å². The topological polar surface area (TPSA) is 72.2 Å². The molecule has 162 valence electrons. The molecule has 2 rings (SSSR count). The smallest absolute Gasteiger partial charge is 0.319 e. The normalized spacial score (nSPS) is 12.6. The Hall–Kier alpha value is -2.60. The van der Waals surface area contributed by atoms with Crippen LogP contribution in [0.4, 0.5) is 42.1 Å². The summed E-state index contributed by atoms with van der Waals surface area (Å²) in [5.74, 6) is -0.986. The van der Waals surface area contributed by atoms with Crippen LogP contribution in [-0.2, 0) is 5.67 Å². The van der Waals surface area contributed by atoms with Gasteiger partial charge >= 0.3 is 18.0 Å². The number of amides is 1. The fourth-order valence-electron chi connectivity index (χ4n) is 2.30. The number of nitro groups is 1. The number of rotatable bonds is 4. The molecule has 0 saturated carbocycles. The molecule has 5 nitrogen and oxygen atoms in total. The van der Waals surface area contributed by atoms with Gasteiger partial charge in [0.15, 0.2) is 0 Å². The van der Waals surface area contributed by atoms with E-state index in [4.69, 9.17) is 23.2 Å². The average Bonchev–Trinajstić information content (AvgIpc) is 2.61. The predicted molar refractivity (Wildman–Crippen MR) is 92.4 cm³/mol. The van der Waals surface area contributed by atoms with Crippen LogP contribution in [-0.4, -0.2) is 23.2 Å². The molecule has 14 heteroatoms. The van der Waals surface area contributed by atoms with Crippen LogP contribution < -0.4 is 5.32 Å². The molecule has 0 saturated heterocycles. The number of halogens is 9. The highest BCUT2D eigenvalue weighted by Gasteiger charge is 2.73. The lowest BCUT2D eigenvalue weighted by Crippen LogP contribution is -2.50. The fraction of sp³-hybridized carbons (Fsp3) is 0.188. The third kappa shape index (κ3) is 4.29. The number of hydrogen-bond acceptors (Lipinski definition) is 3. The van der Waals surface area contributed by atoms with E-state index in [2.05, 4.69) is 0 Å². The van der Waals surface area contributed by atoms with Crippen LogP contribution in [0.3, 0.4) is 0 Å². The largest absolute Gasteiger partial charge is 0.435 e. The minimum absolute atomic E-state index is 0.0415. The maximum absolute atomic E-state index is 14.2. The first kappa shape index (κ1) is 23.7. The van der Waals surface area contributed by atoms with Gasteiger partial charge in [-0.05, 0) is 24.3 Å². The van der Waals surface area contributed by atoms with Gasteiger partial charge in [0.05, 0.1) is 20.7 Å². The Morgan fingerprint density at radius 3 is 1.70 bits per heavy atom. The summed E-state index contributed by atoms with van der Waals surface area (Å²) < 4.78 is 91.4. The number of carbonyl (C=O) groups is 1. The van der Waals surface area contributed by atoms with E-state index in [1.165, 1.54) is 0 Å². The van der Waals surface area contributed by atoms with Gasteiger partial charge < -0.3 is 5.32 Å². The maximum atomic E-state index is 14.2. The highest BCUT2D eigenvalue weighted by Crippen LogP contribution is 2.54. The van der Waals surface area contributed by atoms with E-state index >= 15 is 0 Å². The number of nitrogens with one attached hydrogen (secondary N) is 1. The maximum Gasteiger partial charge on any atom is 0.435 e. The van der Waals surface area contributed by atoms with Gasteiger partial charge in [-0.2, -0.15) is 26.3 Å². The van der Waals surface area contributed by atoms with Crippen molar-refractivity contribution in [3.8, 4) is 0 Å². The molecule has 1 amide bonds. The second-order valence-electron chi connectivity index (χ2n) is 5.73. The van der Waals surface area contributed by atoms with Crippen molar-refractivity contribution in [2.75, 3.05) is 5.32 Å². The second kappa shape index (κ2) is 7.91. The van der Waals surface area contributed by atoms with Crippen molar-refractivity contribution >= 4 is 40.5 Å². The molecule has 0 spiro atoms. The van der Waals surface area contributed by atoms with E-state index in [9.17, 15) is 45.6 Å². The van der Waals surface area contributed by atoms with Crippen molar-refractivity contribution in [1.29, 1.82) is 0 Å². The lowest BCUT2D eigenvalue weighted by atomic mass is 9.94. The number of nitro benzene ring substituents is 1. The zero-order valence-corrected chi connectivity index (χ0v) is 15.5. The molecule has 0 radical (unpaired) electrons. The molecular formula is C16H7Cl2F7N2O3. The number of nitrogens with zero attached hydrogens (tertiary/aromatic N) is 1. The number of benzene rings is 2. The lowest BCUT2D eigenvalue weighted by Gasteiger charge is -2.30. The molecule has 0 aliphatic rings. The van der Waals surface area contributed by atoms with Crippen LogP contribution in [0.25, 0.3) is 0 Å². The summed E-state index contributed by atoms with van der Waals surface area (Å²) in [5.41, 5.74) is -8.77. The second-order valence-corrected chi connectivity index (χ2v) is 6.54. The zero-order valence-electron chi connectivity index (χ0n) is 14.0. The van der Waals surface area contributed by atoms with Crippen LogP contribution >= 0.6 is 23.2 Å². The molecule has 0 fully saturated rings. The molecule has 0 bridgehead atoms. The average molecular weight is 479 g/mol. The molecule has 30 heavy (non-hydrogen) atoms. The first-order valence-electron chi connectivity index (χ1n) is 7.47. The van der Waals surface area contributed by atoms with Crippen LogP contribution in [0.1, 0.15) is 15.9 Å². The van der Waals surface area contributed by atoms with E-state index in [1.807, 2.05) is 5.32 Å². The molecule has 0 aliphatic heterocycles. The third-order valence-electron chi connectivity index (χ3n) is 3.80. The van der Waals surface area contributed by atoms with E-state index in [0.29, 0.717) is 0 Å². The van der Waals surface area contributed by atoms with Crippen molar-refractivity contribution in [2.24, 2.45) is 0 Å². The fourth-order valence-corrected chi connectivity index (χ4v) is 2.88. The van der Waals surface area contributed by atoms with Crippen LogP contribution in [0.2, 0.25) is 10.0 Å². The summed E-state index contributed by atoms with van der Waals surface area (Å²) >= 11 is 11.3. The molecule has 2 aromatic carbocycles. The summed E-state index contributed by atoms with van der Waals surface area (Å²) in [7, 11) is 0. The Morgan fingerprint density at radius 2 is 1.33 bits per heavy atom. The van der Waals surface area contributed by atoms with Crippen molar-refractivity contribution in [3.63, 3.8) is 0 Å². The Balaban J connectivity index is 2.43. The third-order valence-corrected chi connectivity index (χ3v) is 4.40. The quantitative estimate of drug-likeness (QED) is 0.312. The van der Waals surface area contributed by atoms with Gasteiger partial charge in [0.1, 0.15) is 0 Å². The zero-order chi connectivity index (χ0) is 23.1. The number of carbonyl (C=O) groups excluding carboxylic acids is 1. The van der Waals surface area contributed by atoms with E-state index in [-0.39, 0.29) is 23.4 Å². The van der Waals surface area contributed by atoms with Crippen LogP contribution in [0, 0.1) is 10.1 Å². The predicted octanol–water partition coefficient (Wildman–Crippen LogP) is 6.44. The molecule has 0 aromatic heterocycles. The highest BCUT2D eigenvalue weighted by molar-refractivity contribution is 6.40. The molecule has 0 atom stereocenters.